The number of nitrogens with one attached hydrogen (secondary N) is 1. The Morgan fingerprint density at radius 1 is 1.03 bits per heavy atom. The first-order valence-corrected chi connectivity index (χ1v) is 10.2. The first-order valence-electron chi connectivity index (χ1n) is 7.95. The number of hydrogen-bond donors (Lipinski definition) is 1. The van der Waals surface area contributed by atoms with Crippen molar-refractivity contribution in [3.05, 3.63) is 81.9 Å². The second kappa shape index (κ2) is 8.40. The van der Waals surface area contributed by atoms with Crippen molar-refractivity contribution in [1.29, 1.82) is 0 Å². The number of Topliss-reactive ketones (excluding diaryl/α,β-unsaturated/α-hetero) is 1. The van der Waals surface area contributed by atoms with E-state index < -0.39 is 32.3 Å². The lowest BCUT2D eigenvalue weighted by Crippen LogP contribution is -2.17. The highest BCUT2D eigenvalue weighted by atomic mass is 35.5. The monoisotopic (exact) mass is 457 g/mol. The molecule has 0 radical (unpaired) electrons. The number of ketones is 1. The number of benzene rings is 2. The molecule has 0 aliphatic carbocycles. The van der Waals surface area contributed by atoms with Crippen molar-refractivity contribution in [2.75, 3.05) is 4.72 Å². The molecular weight excluding hydrogens is 447 g/mol. The molecule has 0 aliphatic heterocycles. The van der Waals surface area contributed by atoms with Gasteiger partial charge in [0.1, 0.15) is 11.6 Å². The molecule has 0 atom stereocenters. The van der Waals surface area contributed by atoms with Gasteiger partial charge in [0, 0.05) is 11.8 Å². The summed E-state index contributed by atoms with van der Waals surface area (Å²) in [6, 6.07) is 8.17. The Kier molecular flexibility index (Phi) is 6.11. The van der Waals surface area contributed by atoms with E-state index in [4.69, 9.17) is 23.2 Å². The van der Waals surface area contributed by atoms with Gasteiger partial charge in [-0.2, -0.15) is 0 Å². The normalized spacial score (nSPS) is 11.3. The van der Waals surface area contributed by atoms with Crippen molar-refractivity contribution in [2.45, 2.75) is 11.3 Å². The summed E-state index contributed by atoms with van der Waals surface area (Å²) in [5.74, 6) is -2.99. The Morgan fingerprint density at radius 3 is 2.34 bits per heavy atom. The zero-order valence-corrected chi connectivity index (χ0v) is 16.7. The average Bonchev–Trinajstić information content (AvgIpc) is 2.63. The predicted octanol–water partition coefficient (Wildman–Crippen LogP) is 4.29. The van der Waals surface area contributed by atoms with Crippen LogP contribution in [0.25, 0.3) is 0 Å². The quantitative estimate of drug-likeness (QED) is 0.440. The second-order valence-electron chi connectivity index (χ2n) is 5.74. The van der Waals surface area contributed by atoms with Crippen LogP contribution in [0.3, 0.4) is 0 Å². The molecule has 1 N–H and O–H groups in total. The van der Waals surface area contributed by atoms with Gasteiger partial charge in [-0.25, -0.2) is 27.2 Å². The van der Waals surface area contributed by atoms with E-state index in [0.717, 1.165) is 18.2 Å². The van der Waals surface area contributed by atoms with Gasteiger partial charge in [-0.05, 0) is 41.9 Å². The molecule has 0 aliphatic rings. The van der Waals surface area contributed by atoms with E-state index >= 15 is 0 Å². The number of carbonyl (C=O) groups is 1. The zero-order valence-electron chi connectivity index (χ0n) is 14.4. The molecule has 11 heteroatoms. The lowest BCUT2D eigenvalue weighted by molar-refractivity contribution is 0.0992. The van der Waals surface area contributed by atoms with Gasteiger partial charge in [0.25, 0.3) is 10.0 Å². The molecule has 0 amide bonds. The van der Waals surface area contributed by atoms with E-state index in [9.17, 15) is 22.0 Å². The molecule has 0 spiro atoms. The molecule has 3 rings (SSSR count). The summed E-state index contributed by atoms with van der Waals surface area (Å²) in [5.41, 5.74) is 0.127. The highest BCUT2D eigenvalue weighted by Gasteiger charge is 2.25. The van der Waals surface area contributed by atoms with Crippen LogP contribution in [0.2, 0.25) is 10.3 Å². The van der Waals surface area contributed by atoms with Gasteiger partial charge in [-0.3, -0.25) is 9.52 Å². The third kappa shape index (κ3) is 4.69. The maximum Gasteiger partial charge on any atom is 0.267 e. The van der Waals surface area contributed by atoms with Crippen LogP contribution in [0.15, 0.2) is 53.6 Å². The summed E-state index contributed by atoms with van der Waals surface area (Å²) in [4.78, 5) is 19.0. The van der Waals surface area contributed by atoms with Gasteiger partial charge in [-0.15, -0.1) is 0 Å². The lowest BCUT2D eigenvalue weighted by Gasteiger charge is -2.13. The third-order valence-corrected chi connectivity index (χ3v) is 5.76. The van der Waals surface area contributed by atoms with Gasteiger partial charge in [0.15, 0.2) is 10.7 Å². The van der Waals surface area contributed by atoms with Crippen LogP contribution in [-0.4, -0.2) is 24.2 Å². The topological polar surface area (TPSA) is 89.0 Å². The average molecular weight is 458 g/mol. The van der Waals surface area contributed by atoms with Crippen molar-refractivity contribution in [3.8, 4) is 0 Å². The fourth-order valence-corrected chi connectivity index (χ4v) is 4.20. The molecule has 0 fully saturated rings. The lowest BCUT2D eigenvalue weighted by atomic mass is 10.1. The van der Waals surface area contributed by atoms with E-state index in [-0.39, 0.29) is 28.0 Å². The standard InChI is InChI=1S/C18H11Cl2F2N3O3S/c19-16-11(15(26)9-10-7-8-23-18(20)24-10)3-1-6-14(16)25-29(27,28)17-12(21)4-2-5-13(17)22/h1-8,25H,9H2. The van der Waals surface area contributed by atoms with Crippen molar-refractivity contribution < 1.29 is 22.0 Å². The van der Waals surface area contributed by atoms with Gasteiger partial charge < -0.3 is 0 Å². The number of hydrogen-bond acceptors (Lipinski definition) is 5. The Bertz CT molecular complexity index is 1190. The van der Waals surface area contributed by atoms with E-state index in [1.165, 1.54) is 30.5 Å². The van der Waals surface area contributed by atoms with Gasteiger partial charge >= 0.3 is 0 Å². The predicted molar refractivity (Wildman–Crippen MR) is 104 cm³/mol. The molecule has 1 aromatic heterocycles. The second-order valence-corrected chi connectivity index (χ2v) is 8.08. The summed E-state index contributed by atoms with van der Waals surface area (Å²) in [6.07, 6.45) is 1.22. The summed E-state index contributed by atoms with van der Waals surface area (Å²) in [7, 11) is -4.64. The first kappa shape index (κ1) is 21.1. The van der Waals surface area contributed by atoms with E-state index in [1.54, 1.807) is 0 Å². The Morgan fingerprint density at radius 2 is 1.69 bits per heavy atom. The molecule has 0 unspecified atom stereocenters. The minimum Gasteiger partial charge on any atom is -0.294 e. The molecule has 6 nitrogen and oxygen atoms in total. The van der Waals surface area contributed by atoms with Crippen LogP contribution in [0.1, 0.15) is 16.1 Å². The number of halogens is 4. The summed E-state index contributed by atoms with van der Waals surface area (Å²) < 4.78 is 54.6. The highest BCUT2D eigenvalue weighted by Crippen LogP contribution is 2.30. The summed E-state index contributed by atoms with van der Waals surface area (Å²) in [6.45, 7) is 0. The zero-order chi connectivity index (χ0) is 21.2. The smallest absolute Gasteiger partial charge is 0.267 e. The molecule has 3 aromatic rings. The van der Waals surface area contributed by atoms with Crippen LogP contribution < -0.4 is 4.72 Å². The van der Waals surface area contributed by atoms with Gasteiger partial charge in [-0.1, -0.05) is 23.7 Å². The van der Waals surface area contributed by atoms with Gasteiger partial charge in [0.2, 0.25) is 5.28 Å². The fraction of sp³-hybridized carbons (Fsp3) is 0.0556. The van der Waals surface area contributed by atoms with Crippen LogP contribution in [-0.2, 0) is 16.4 Å². The third-order valence-electron chi connectivity index (χ3n) is 3.76. The van der Waals surface area contributed by atoms with Gasteiger partial charge in [0.05, 0.1) is 22.8 Å². The number of rotatable bonds is 6. The van der Waals surface area contributed by atoms with Crippen molar-refractivity contribution in [3.63, 3.8) is 0 Å². The molecule has 1 heterocycles. The van der Waals surface area contributed by atoms with E-state index in [0.29, 0.717) is 5.69 Å². The molecule has 150 valence electrons. The van der Waals surface area contributed by atoms with E-state index in [2.05, 4.69) is 9.97 Å². The summed E-state index contributed by atoms with van der Waals surface area (Å²) in [5, 5.41) is -0.257. The molecule has 0 saturated carbocycles. The Hall–Kier alpha value is -2.62. The number of aromatic nitrogens is 2. The van der Waals surface area contributed by atoms with Crippen molar-refractivity contribution >= 4 is 44.7 Å². The molecule has 29 heavy (non-hydrogen) atoms. The molecule has 0 saturated heterocycles. The van der Waals surface area contributed by atoms with E-state index in [1.807, 2.05) is 4.72 Å². The fourth-order valence-electron chi connectivity index (χ4n) is 2.49. The van der Waals surface area contributed by atoms with Crippen molar-refractivity contribution in [1.82, 2.24) is 9.97 Å². The number of anilines is 1. The minimum absolute atomic E-state index is 0.00407. The number of carbonyl (C=O) groups excluding carboxylic acids is 1. The minimum atomic E-state index is -4.64. The summed E-state index contributed by atoms with van der Waals surface area (Å²) >= 11 is 11.9. The molecular formula is C18H11Cl2F2N3O3S. The maximum absolute atomic E-state index is 13.9. The number of sulfonamides is 1. The molecule has 0 bridgehead atoms. The van der Waals surface area contributed by atoms with Crippen LogP contribution in [0.5, 0.6) is 0 Å². The van der Waals surface area contributed by atoms with Crippen LogP contribution in [0, 0.1) is 11.6 Å². The largest absolute Gasteiger partial charge is 0.294 e. The maximum atomic E-state index is 13.9. The van der Waals surface area contributed by atoms with Crippen LogP contribution >= 0.6 is 23.2 Å². The first-order chi connectivity index (χ1) is 13.7. The number of nitrogens with zero attached hydrogens (tertiary/aromatic N) is 2. The highest BCUT2D eigenvalue weighted by molar-refractivity contribution is 7.92. The SMILES string of the molecule is O=C(Cc1ccnc(Cl)n1)c1cccc(NS(=O)(=O)c2c(F)cccc2F)c1Cl. The Labute approximate surface area is 174 Å². The Balaban J connectivity index is 1.92. The van der Waals surface area contributed by atoms with Crippen LogP contribution in [0.4, 0.5) is 14.5 Å². The van der Waals surface area contributed by atoms with Crippen molar-refractivity contribution in [2.24, 2.45) is 0 Å². The molecule has 2 aromatic carbocycles.